The summed E-state index contributed by atoms with van der Waals surface area (Å²) in [7, 11) is 0.444. The third-order valence-corrected chi connectivity index (χ3v) is 12.7. The molecule has 0 aliphatic heterocycles. The van der Waals surface area contributed by atoms with E-state index in [-0.39, 0.29) is 88.7 Å². The molecule has 0 heterocycles. The average molecular weight is 696 g/mol. The fraction of sp³-hybridized carbons (Fsp3) is 0.833. The predicted octanol–water partition coefficient (Wildman–Crippen LogP) is 4.68. The van der Waals surface area contributed by atoms with Crippen LogP contribution < -0.4 is 0 Å². The van der Waals surface area contributed by atoms with E-state index in [2.05, 4.69) is 53.3 Å². The summed E-state index contributed by atoms with van der Waals surface area (Å²) < 4.78 is 0. The third-order valence-electron chi connectivity index (χ3n) is 1.41. The Labute approximate surface area is 153 Å². The molecule has 0 radical (unpaired) electrons. The van der Waals surface area contributed by atoms with Gasteiger partial charge in [0.1, 0.15) is 0 Å². The average Bonchev–Trinajstić information content (AvgIpc) is 1.79. The summed E-state index contributed by atoms with van der Waals surface area (Å²) >= 11 is 0. The van der Waals surface area contributed by atoms with Crippen LogP contribution in [-0.4, -0.2) is 65.1 Å². The zero-order chi connectivity index (χ0) is 11.7. The van der Waals surface area contributed by atoms with Crippen molar-refractivity contribution in [3.63, 3.8) is 0 Å². The van der Waals surface area contributed by atoms with Gasteiger partial charge in [-0.1, -0.05) is 0 Å². The molecule has 0 atom stereocenters. The van der Waals surface area contributed by atoms with E-state index in [0.29, 0.717) is 0 Å². The van der Waals surface area contributed by atoms with Crippen molar-refractivity contribution in [1.29, 1.82) is 0 Å². The quantitative estimate of drug-likeness (QED) is 0.296. The van der Waals surface area contributed by atoms with E-state index in [0.717, 1.165) is 0 Å². The second kappa shape index (κ2) is 25.1. The Balaban J connectivity index is -0.0000000327. The fourth-order valence-electron chi connectivity index (χ4n) is 1.41. The van der Waals surface area contributed by atoms with Crippen LogP contribution in [0.3, 0.4) is 0 Å². The van der Waals surface area contributed by atoms with Crippen LogP contribution in [0.4, 0.5) is 0 Å². The van der Waals surface area contributed by atoms with Crippen LogP contribution in [0.1, 0.15) is 0 Å². The molecule has 0 saturated carbocycles. The van der Waals surface area contributed by atoms with Crippen LogP contribution in [0.25, 0.3) is 0 Å². The van der Waals surface area contributed by atoms with Crippen molar-refractivity contribution in [2.24, 2.45) is 0 Å². The normalized spacial score (nSPS) is 8.67. The van der Waals surface area contributed by atoms with Crippen LogP contribution in [0.2, 0.25) is 0 Å². The Morgan fingerprint density at radius 2 is 0.556 bits per heavy atom. The minimum Gasteiger partial charge on any atom is -0.358 e. The molecular formula is C12H38P4Pt2+2. The molecule has 0 bridgehead atoms. The van der Waals surface area contributed by atoms with Gasteiger partial charge in [-0.25, -0.2) is 0 Å². The van der Waals surface area contributed by atoms with Crippen LogP contribution in [0, 0.1) is 14.9 Å². The first-order valence-corrected chi connectivity index (χ1v) is 16.2. The van der Waals surface area contributed by atoms with E-state index >= 15 is 0 Å². The molecule has 0 nitrogen and oxygen atoms in total. The van der Waals surface area contributed by atoms with Gasteiger partial charge in [-0.15, -0.1) is 0 Å². The fourth-order valence-corrected chi connectivity index (χ4v) is 12.7. The molecule has 0 aliphatic rings. The van der Waals surface area contributed by atoms with Crippen molar-refractivity contribution >= 4 is 31.7 Å². The number of rotatable bonds is 4. The molecule has 0 spiro atoms. The minimum absolute atomic E-state index is 0. The zero-order valence-electron chi connectivity index (χ0n) is 14.0. The number of hydrogen-bond donors (Lipinski definition) is 0. The van der Waals surface area contributed by atoms with Gasteiger partial charge in [-0.05, 0) is 0 Å². The second-order valence-corrected chi connectivity index (χ2v) is 17.7. The van der Waals surface area contributed by atoms with Crippen molar-refractivity contribution in [3.8, 4) is 0 Å². The van der Waals surface area contributed by atoms with Crippen LogP contribution in [-0.2, 0) is 42.1 Å². The summed E-state index contributed by atoms with van der Waals surface area (Å²) in [5.41, 5.74) is 0. The molecule has 0 aromatic carbocycles. The maximum absolute atomic E-state index is 2.39. The first-order chi connectivity index (χ1) is 6.25. The van der Waals surface area contributed by atoms with E-state index in [1.54, 1.807) is 11.8 Å². The molecular weight excluding hydrogens is 658 g/mol. The molecule has 0 N–H and O–H groups in total. The minimum atomic E-state index is 0. The van der Waals surface area contributed by atoms with Gasteiger partial charge >= 0.3 is 0 Å². The SMILES string of the molecule is C[PH+](C)C[PH+](C)C.C[PH+](C)C[PH+](C)C.[CH3-].[CH3-].[Pt].[Pt]. The molecule has 0 aromatic heterocycles. The Bertz CT molecular complexity index is 94.6. The molecule has 0 rings (SSSR count). The summed E-state index contributed by atoms with van der Waals surface area (Å²) in [6.07, 6.45) is 0. The van der Waals surface area contributed by atoms with Crippen molar-refractivity contribution < 1.29 is 42.1 Å². The monoisotopic (exact) mass is 696 g/mol. The molecule has 0 aromatic rings. The van der Waals surface area contributed by atoms with Gasteiger partial charge in [-0.3, -0.25) is 0 Å². The predicted molar refractivity (Wildman–Crippen MR) is 103 cm³/mol. The van der Waals surface area contributed by atoms with Gasteiger partial charge in [0.05, 0.1) is 0 Å². The van der Waals surface area contributed by atoms with E-state index in [9.17, 15) is 0 Å². The molecule has 124 valence electrons. The van der Waals surface area contributed by atoms with E-state index < -0.39 is 0 Å². The Hall–Kier alpha value is 3.10. The standard InChI is InChI=1S/2C5H14P2.2CH3.2Pt/c2*1-6(2)5-7(3)4;;;;/h2*5H2,1-4H3;2*1H3;;/q;;2*-1;;/p+4. The largest absolute Gasteiger partial charge is 0.358 e. The van der Waals surface area contributed by atoms with Crippen LogP contribution in [0.15, 0.2) is 0 Å². The molecule has 0 saturated heterocycles. The molecule has 18 heavy (non-hydrogen) atoms. The van der Waals surface area contributed by atoms with Crippen molar-refractivity contribution in [1.82, 2.24) is 0 Å². The van der Waals surface area contributed by atoms with Gasteiger partial charge < -0.3 is 14.9 Å². The Morgan fingerprint density at radius 1 is 0.444 bits per heavy atom. The van der Waals surface area contributed by atoms with Gasteiger partial charge in [0.25, 0.3) is 0 Å². The molecule has 0 aliphatic carbocycles. The van der Waals surface area contributed by atoms with Crippen molar-refractivity contribution in [2.75, 3.05) is 65.1 Å². The summed E-state index contributed by atoms with van der Waals surface area (Å²) in [6, 6.07) is 0. The maximum atomic E-state index is 2.39. The smallest absolute Gasteiger partial charge is 0.154 e. The van der Waals surface area contributed by atoms with Crippen LogP contribution in [0.5, 0.6) is 0 Å². The van der Waals surface area contributed by atoms with E-state index in [1.165, 1.54) is 0 Å². The molecule has 0 unspecified atom stereocenters. The second-order valence-electron chi connectivity index (χ2n) is 5.18. The van der Waals surface area contributed by atoms with Gasteiger partial charge in [-0.2, -0.15) is 0 Å². The summed E-state index contributed by atoms with van der Waals surface area (Å²) in [6.45, 7) is 19.1. The van der Waals surface area contributed by atoms with Gasteiger partial charge in [0, 0.05) is 127 Å². The molecule has 0 fully saturated rings. The summed E-state index contributed by atoms with van der Waals surface area (Å²) in [4.78, 5) is 0. The maximum Gasteiger partial charge on any atom is 0.154 e. The van der Waals surface area contributed by atoms with Gasteiger partial charge in [0.2, 0.25) is 0 Å². The van der Waals surface area contributed by atoms with E-state index in [1.807, 2.05) is 0 Å². The first kappa shape index (κ1) is 37.4. The summed E-state index contributed by atoms with van der Waals surface area (Å²) in [5.74, 6) is 3.13. The van der Waals surface area contributed by atoms with E-state index in [4.69, 9.17) is 0 Å². The Morgan fingerprint density at radius 3 is 0.556 bits per heavy atom. The number of hydrogen-bond acceptors (Lipinski definition) is 0. The van der Waals surface area contributed by atoms with Gasteiger partial charge in [0.15, 0.2) is 11.8 Å². The summed E-state index contributed by atoms with van der Waals surface area (Å²) in [5, 5.41) is 0. The first-order valence-electron chi connectivity index (χ1n) is 5.41. The van der Waals surface area contributed by atoms with Crippen molar-refractivity contribution in [3.05, 3.63) is 14.9 Å². The third kappa shape index (κ3) is 50.8. The zero-order valence-corrected chi connectivity index (χ0v) is 22.6. The topological polar surface area (TPSA) is 0 Å². The molecule has 0 amide bonds. The molecule has 6 heteroatoms. The van der Waals surface area contributed by atoms with Crippen LogP contribution >= 0.6 is 31.7 Å². The Kier molecular flexibility index (Phi) is 52.1. The van der Waals surface area contributed by atoms with Crippen molar-refractivity contribution in [2.45, 2.75) is 0 Å².